The summed E-state index contributed by atoms with van der Waals surface area (Å²) in [6.45, 7) is 1.99. The molecule has 2 aromatic carbocycles. The van der Waals surface area contributed by atoms with Gasteiger partial charge in [-0.2, -0.15) is 0 Å². The summed E-state index contributed by atoms with van der Waals surface area (Å²) in [4.78, 5) is 0.0559. The van der Waals surface area contributed by atoms with E-state index in [0.717, 1.165) is 5.56 Å². The molecular weight excluding hydrogens is 525 g/mol. The maximum Gasteiger partial charge on any atom is 0.261 e. The van der Waals surface area contributed by atoms with Crippen LogP contribution in [0.15, 0.2) is 53.4 Å². The Balaban J connectivity index is 0.000000956. The Hall–Kier alpha value is -0.0600. The third-order valence-electron chi connectivity index (χ3n) is 2.36. The van der Waals surface area contributed by atoms with E-state index in [1.165, 1.54) is 12.1 Å². The van der Waals surface area contributed by atoms with Gasteiger partial charge >= 0.3 is 0 Å². The molecular formula is C13H11ClI2O3S. The van der Waals surface area contributed by atoms with Crippen molar-refractivity contribution in [2.24, 2.45) is 0 Å². The highest BCUT2D eigenvalue weighted by atomic mass is 128. The van der Waals surface area contributed by atoms with E-state index in [2.05, 4.69) is 37.2 Å². The van der Waals surface area contributed by atoms with Crippen molar-refractivity contribution in [1.82, 2.24) is 0 Å². The molecule has 0 aliphatic heterocycles. The van der Waals surface area contributed by atoms with Crippen molar-refractivity contribution in [1.29, 1.82) is 0 Å². The molecule has 7 heteroatoms. The number of halogens is 3. The predicted octanol–water partition coefficient (Wildman–Crippen LogP) is 5.49. The van der Waals surface area contributed by atoms with E-state index < -0.39 is 9.05 Å². The standard InChI is InChI=1S/C13H11ClO3S.I2/c1-10-2-4-11(5-3-10)17-12-6-8-13(9-7-12)18(14,15)16;1-2/h2-9H,1H3;. The highest BCUT2D eigenvalue weighted by molar-refractivity contribution is 15.0. The van der Waals surface area contributed by atoms with Crippen LogP contribution in [-0.2, 0) is 9.05 Å². The smallest absolute Gasteiger partial charge is 0.261 e. The van der Waals surface area contributed by atoms with E-state index in [9.17, 15) is 8.42 Å². The van der Waals surface area contributed by atoms with E-state index in [1.807, 2.05) is 31.2 Å². The minimum absolute atomic E-state index is 0.0559. The lowest BCUT2D eigenvalue weighted by atomic mass is 10.2. The van der Waals surface area contributed by atoms with Crippen molar-refractivity contribution in [3.8, 4) is 11.5 Å². The second-order valence-corrected chi connectivity index (χ2v) is 6.39. The van der Waals surface area contributed by atoms with Gasteiger partial charge < -0.3 is 4.74 Å². The number of hydrogen-bond acceptors (Lipinski definition) is 3. The Kier molecular flexibility index (Phi) is 7.56. The van der Waals surface area contributed by atoms with Crippen LogP contribution in [-0.4, -0.2) is 8.42 Å². The zero-order chi connectivity index (χ0) is 15.2. The van der Waals surface area contributed by atoms with Crippen molar-refractivity contribution < 1.29 is 13.2 Å². The molecule has 0 bridgehead atoms. The maximum absolute atomic E-state index is 11.1. The van der Waals surface area contributed by atoms with Crippen molar-refractivity contribution in [2.75, 3.05) is 0 Å². The Morgan fingerprint density at radius 2 is 1.30 bits per heavy atom. The van der Waals surface area contributed by atoms with Gasteiger partial charge in [-0.25, -0.2) is 8.42 Å². The van der Waals surface area contributed by atoms with Gasteiger partial charge in [-0.15, -0.1) is 0 Å². The number of hydrogen-bond donors (Lipinski definition) is 0. The topological polar surface area (TPSA) is 43.4 Å². The summed E-state index contributed by atoms with van der Waals surface area (Å²) in [5.41, 5.74) is 1.14. The van der Waals surface area contributed by atoms with Crippen LogP contribution in [0.5, 0.6) is 11.5 Å². The van der Waals surface area contributed by atoms with Gasteiger partial charge in [0.2, 0.25) is 0 Å². The van der Waals surface area contributed by atoms with Gasteiger partial charge in [0.15, 0.2) is 0 Å². The SMILES string of the molecule is Cc1ccc(Oc2ccc(S(=O)(=O)Cl)cc2)cc1.II. The Morgan fingerprint density at radius 1 is 0.900 bits per heavy atom. The average Bonchev–Trinajstić information content (AvgIpc) is 2.43. The van der Waals surface area contributed by atoms with Crippen molar-refractivity contribution in [3.63, 3.8) is 0 Å². The summed E-state index contributed by atoms with van der Waals surface area (Å²) >= 11 is 4.24. The predicted molar refractivity (Wildman–Crippen MR) is 98.8 cm³/mol. The molecule has 0 aliphatic rings. The van der Waals surface area contributed by atoms with E-state index in [-0.39, 0.29) is 4.90 Å². The second-order valence-electron chi connectivity index (χ2n) is 3.82. The molecule has 0 spiro atoms. The Bertz CT molecular complexity index is 640. The minimum atomic E-state index is -3.68. The summed E-state index contributed by atoms with van der Waals surface area (Å²) in [5.74, 6) is 1.25. The lowest BCUT2D eigenvalue weighted by Gasteiger charge is -2.06. The quantitative estimate of drug-likeness (QED) is 0.385. The second kappa shape index (κ2) is 8.40. The lowest BCUT2D eigenvalue weighted by Crippen LogP contribution is -1.90. The number of benzene rings is 2. The summed E-state index contributed by atoms with van der Waals surface area (Å²) < 4.78 is 27.7. The van der Waals surface area contributed by atoms with Crippen LogP contribution in [0, 0.1) is 6.92 Å². The van der Waals surface area contributed by atoms with E-state index >= 15 is 0 Å². The van der Waals surface area contributed by atoms with Crippen LogP contribution in [0.25, 0.3) is 0 Å². The first kappa shape index (κ1) is 18.0. The third-order valence-corrected chi connectivity index (χ3v) is 3.73. The van der Waals surface area contributed by atoms with E-state index in [1.54, 1.807) is 12.1 Å². The zero-order valence-corrected chi connectivity index (χ0v) is 16.3. The molecule has 108 valence electrons. The normalized spacial score (nSPS) is 10.4. The van der Waals surface area contributed by atoms with Crippen LogP contribution in [0.3, 0.4) is 0 Å². The van der Waals surface area contributed by atoms with E-state index in [4.69, 9.17) is 15.4 Å². The highest BCUT2D eigenvalue weighted by Crippen LogP contribution is 2.24. The van der Waals surface area contributed by atoms with Gasteiger partial charge in [0.1, 0.15) is 11.5 Å². The molecule has 3 nitrogen and oxygen atoms in total. The molecule has 0 unspecified atom stereocenters. The van der Waals surface area contributed by atoms with Gasteiger partial charge in [0, 0.05) is 47.9 Å². The van der Waals surface area contributed by atoms with Crippen LogP contribution >= 0.6 is 47.9 Å². The van der Waals surface area contributed by atoms with Crippen LogP contribution in [0.2, 0.25) is 0 Å². The van der Waals surface area contributed by atoms with Gasteiger partial charge in [-0.1, -0.05) is 17.7 Å². The summed E-state index contributed by atoms with van der Waals surface area (Å²) in [6.07, 6.45) is 0. The summed E-state index contributed by atoms with van der Waals surface area (Å²) in [5, 5.41) is 0. The molecule has 0 fully saturated rings. The summed E-state index contributed by atoms with van der Waals surface area (Å²) in [6, 6.07) is 13.5. The molecule has 0 amide bonds. The molecule has 0 aromatic heterocycles. The first-order chi connectivity index (χ1) is 9.45. The maximum atomic E-state index is 11.1. The fourth-order valence-electron chi connectivity index (χ4n) is 1.41. The molecule has 0 atom stereocenters. The minimum Gasteiger partial charge on any atom is -0.457 e. The molecule has 0 aliphatic carbocycles. The largest absolute Gasteiger partial charge is 0.457 e. The molecule has 20 heavy (non-hydrogen) atoms. The van der Waals surface area contributed by atoms with Gasteiger partial charge in [-0.05, 0) is 43.3 Å². The van der Waals surface area contributed by atoms with Gasteiger partial charge in [0.25, 0.3) is 9.05 Å². The van der Waals surface area contributed by atoms with Gasteiger partial charge in [0.05, 0.1) is 4.90 Å². The number of aryl methyl sites for hydroxylation is 1. The van der Waals surface area contributed by atoms with Crippen molar-refractivity contribution in [2.45, 2.75) is 11.8 Å². The Labute approximate surface area is 146 Å². The van der Waals surface area contributed by atoms with Crippen LogP contribution in [0.1, 0.15) is 5.56 Å². The molecule has 2 aromatic rings. The zero-order valence-electron chi connectivity index (χ0n) is 10.4. The first-order valence-electron chi connectivity index (χ1n) is 5.39. The molecule has 0 saturated heterocycles. The molecule has 2 rings (SSSR count). The van der Waals surface area contributed by atoms with E-state index in [0.29, 0.717) is 11.5 Å². The number of ether oxygens (including phenoxy) is 1. The molecule has 0 N–H and O–H groups in total. The van der Waals surface area contributed by atoms with Crippen molar-refractivity contribution >= 4 is 57.0 Å². The monoisotopic (exact) mass is 536 g/mol. The first-order valence-corrected chi connectivity index (χ1v) is 14.0. The van der Waals surface area contributed by atoms with Crippen LogP contribution < -0.4 is 4.74 Å². The molecule has 0 radical (unpaired) electrons. The molecule has 0 saturated carbocycles. The fourth-order valence-corrected chi connectivity index (χ4v) is 2.18. The Morgan fingerprint density at radius 3 is 1.70 bits per heavy atom. The highest BCUT2D eigenvalue weighted by Gasteiger charge is 2.09. The number of rotatable bonds is 3. The summed E-state index contributed by atoms with van der Waals surface area (Å²) in [7, 11) is 1.54. The van der Waals surface area contributed by atoms with Crippen molar-refractivity contribution in [3.05, 3.63) is 54.1 Å². The fraction of sp³-hybridized carbons (Fsp3) is 0.0769. The average molecular weight is 537 g/mol. The lowest BCUT2D eigenvalue weighted by molar-refractivity contribution is 0.482. The van der Waals surface area contributed by atoms with Gasteiger partial charge in [-0.3, -0.25) is 0 Å². The molecule has 0 heterocycles. The third kappa shape index (κ3) is 5.74. The van der Waals surface area contributed by atoms with Crippen LogP contribution in [0.4, 0.5) is 0 Å².